The van der Waals surface area contributed by atoms with E-state index in [1.807, 2.05) is 33.5 Å². The van der Waals surface area contributed by atoms with Gasteiger partial charge in [0.25, 0.3) is 11.6 Å². The van der Waals surface area contributed by atoms with E-state index in [0.717, 1.165) is 0 Å². The van der Waals surface area contributed by atoms with Crippen molar-refractivity contribution in [1.82, 2.24) is 4.90 Å². The van der Waals surface area contributed by atoms with Crippen molar-refractivity contribution in [3.05, 3.63) is 27.8 Å². The number of benzene rings is 1. The van der Waals surface area contributed by atoms with Crippen LogP contribution >= 0.6 is 0 Å². The van der Waals surface area contributed by atoms with Crippen LogP contribution in [0.3, 0.4) is 0 Å². The van der Waals surface area contributed by atoms with Gasteiger partial charge in [0.05, 0.1) is 25.7 Å². The third kappa shape index (κ3) is 3.46. The lowest BCUT2D eigenvalue weighted by Crippen LogP contribution is -2.45. The smallest absolute Gasteiger partial charge is 0.269 e. The third-order valence-corrected chi connectivity index (χ3v) is 5.58. The Bertz CT molecular complexity index is 578. The Hall–Kier alpha value is -1.89. The highest BCUT2D eigenvalue weighted by molar-refractivity contribution is 6.90. The highest BCUT2D eigenvalue weighted by Crippen LogP contribution is 2.27. The summed E-state index contributed by atoms with van der Waals surface area (Å²) in [6, 6.07) is 2.95. The van der Waals surface area contributed by atoms with Crippen molar-refractivity contribution in [3.8, 4) is 5.75 Å². The van der Waals surface area contributed by atoms with Gasteiger partial charge in [-0.2, -0.15) is 0 Å². The maximum Gasteiger partial charge on any atom is 0.269 e. The molecule has 0 N–H and O–H groups in total. The molecule has 0 bridgehead atoms. The van der Waals surface area contributed by atoms with Crippen LogP contribution in [-0.2, 0) is 0 Å². The molecule has 0 saturated heterocycles. The van der Waals surface area contributed by atoms with Crippen LogP contribution in [0.2, 0.25) is 19.6 Å². The largest absolute Gasteiger partial charge is 0.496 e. The highest BCUT2D eigenvalue weighted by Gasteiger charge is 2.35. The second kappa shape index (κ2) is 6.91. The number of carbonyl (C=O) groups is 1. The summed E-state index contributed by atoms with van der Waals surface area (Å²) in [5.74, 6) is 0.197. The molecule has 0 aromatic heterocycles. The van der Waals surface area contributed by atoms with Gasteiger partial charge >= 0.3 is 0 Å². The third-order valence-electron chi connectivity index (χ3n) is 3.58. The van der Waals surface area contributed by atoms with Crippen LogP contribution in [0.5, 0.6) is 5.75 Å². The molecular weight excluding hydrogens is 300 g/mol. The molecule has 0 radical (unpaired) electrons. The lowest BCUT2D eigenvalue weighted by Gasteiger charge is -2.26. The van der Waals surface area contributed by atoms with Gasteiger partial charge in [0, 0.05) is 24.3 Å². The van der Waals surface area contributed by atoms with Gasteiger partial charge in [0.1, 0.15) is 5.75 Å². The van der Waals surface area contributed by atoms with E-state index in [-0.39, 0.29) is 11.6 Å². The zero-order valence-corrected chi connectivity index (χ0v) is 15.1. The van der Waals surface area contributed by atoms with E-state index in [1.54, 1.807) is 4.90 Å². The molecule has 0 fully saturated rings. The van der Waals surface area contributed by atoms with Crippen molar-refractivity contribution in [1.29, 1.82) is 0 Å². The lowest BCUT2D eigenvalue weighted by atomic mass is 10.1. The summed E-state index contributed by atoms with van der Waals surface area (Å²) < 4.78 is 5.33. The van der Waals surface area contributed by atoms with Crippen LogP contribution in [0, 0.1) is 10.1 Å². The number of methoxy groups -OCH3 is 1. The molecule has 0 aliphatic rings. The fourth-order valence-electron chi connectivity index (χ4n) is 2.54. The first-order chi connectivity index (χ1) is 10.2. The van der Waals surface area contributed by atoms with Crippen molar-refractivity contribution >= 4 is 24.9 Å². The number of carbonyl (C=O) groups excluding carboxylic acids is 1. The van der Waals surface area contributed by atoms with Gasteiger partial charge in [-0.15, -0.1) is 0 Å². The Labute approximate surface area is 132 Å². The Morgan fingerprint density at radius 1 is 1.27 bits per heavy atom. The molecule has 0 unspecified atom stereocenters. The summed E-state index contributed by atoms with van der Waals surface area (Å²) in [6.07, 6.45) is 0. The van der Waals surface area contributed by atoms with Gasteiger partial charge in [0.15, 0.2) is 0 Å². The number of nitrogens with zero attached hydrogens (tertiary/aromatic N) is 2. The van der Waals surface area contributed by atoms with Crippen LogP contribution in [0.1, 0.15) is 24.2 Å². The zero-order chi connectivity index (χ0) is 17.1. The maximum absolute atomic E-state index is 12.9. The Balaban J connectivity index is 3.74. The number of nitro benzene ring substituents is 1. The first-order valence-corrected chi connectivity index (χ1v) is 10.8. The van der Waals surface area contributed by atoms with Crippen LogP contribution in [0.25, 0.3) is 0 Å². The average molecular weight is 324 g/mol. The number of amides is 1. The Morgan fingerprint density at radius 3 is 2.18 bits per heavy atom. The highest BCUT2D eigenvalue weighted by atomic mass is 28.3. The molecule has 22 heavy (non-hydrogen) atoms. The molecule has 0 atom stereocenters. The van der Waals surface area contributed by atoms with Gasteiger partial charge in [-0.25, -0.2) is 0 Å². The van der Waals surface area contributed by atoms with E-state index in [4.69, 9.17) is 4.74 Å². The van der Waals surface area contributed by atoms with E-state index in [0.29, 0.717) is 29.6 Å². The summed E-state index contributed by atoms with van der Waals surface area (Å²) in [7, 11) is -0.656. The number of nitro groups is 1. The minimum Gasteiger partial charge on any atom is -0.496 e. The summed E-state index contributed by atoms with van der Waals surface area (Å²) in [5, 5.41) is 12.0. The number of rotatable bonds is 6. The molecule has 1 rings (SSSR count). The molecule has 0 aliphatic carbocycles. The predicted octanol–water partition coefficient (Wildman–Crippen LogP) is 2.63. The summed E-state index contributed by atoms with van der Waals surface area (Å²) in [4.78, 5) is 25.5. The second-order valence-corrected chi connectivity index (χ2v) is 11.0. The van der Waals surface area contributed by atoms with Crippen molar-refractivity contribution in [2.45, 2.75) is 33.5 Å². The summed E-state index contributed by atoms with van der Waals surface area (Å²) >= 11 is 0. The van der Waals surface area contributed by atoms with Crippen molar-refractivity contribution in [3.63, 3.8) is 0 Å². The normalized spacial score (nSPS) is 11.2. The fraction of sp³-hybridized carbons (Fsp3) is 0.533. The molecule has 122 valence electrons. The maximum atomic E-state index is 12.9. The number of ether oxygens (including phenoxy) is 1. The minimum atomic E-state index is -2.14. The van der Waals surface area contributed by atoms with Gasteiger partial charge in [-0.3, -0.25) is 14.9 Å². The van der Waals surface area contributed by atoms with E-state index in [9.17, 15) is 14.9 Å². The number of hydrogen-bond donors (Lipinski definition) is 0. The first kappa shape index (κ1) is 18.2. The predicted molar refractivity (Wildman–Crippen MR) is 89.9 cm³/mol. The zero-order valence-electron chi connectivity index (χ0n) is 14.1. The molecule has 0 saturated carbocycles. The van der Waals surface area contributed by atoms with Crippen LogP contribution in [0.15, 0.2) is 12.1 Å². The van der Waals surface area contributed by atoms with Crippen LogP contribution in [0.4, 0.5) is 5.69 Å². The van der Waals surface area contributed by atoms with Gasteiger partial charge in [-0.1, -0.05) is 19.6 Å². The van der Waals surface area contributed by atoms with Crippen molar-refractivity contribution in [2.24, 2.45) is 0 Å². The summed E-state index contributed by atoms with van der Waals surface area (Å²) in [5.41, 5.74) is 0.357. The monoisotopic (exact) mass is 324 g/mol. The lowest BCUT2D eigenvalue weighted by molar-refractivity contribution is -0.383. The number of hydrogen-bond acceptors (Lipinski definition) is 4. The standard InChI is InChI=1S/C15H24N2O4Si/c1-7-16(8-2)15(18)13-12(21-3)10-9-11(17(19)20)14(13)22(4,5)6/h9-10H,7-8H2,1-6H3. The molecule has 7 heteroatoms. The minimum absolute atomic E-state index is 0.00970. The van der Waals surface area contributed by atoms with Gasteiger partial charge in [-0.05, 0) is 19.9 Å². The topological polar surface area (TPSA) is 72.7 Å². The molecule has 0 spiro atoms. The summed E-state index contributed by atoms with van der Waals surface area (Å²) in [6.45, 7) is 10.9. The average Bonchev–Trinajstić information content (AvgIpc) is 2.45. The van der Waals surface area contributed by atoms with Crippen LogP contribution < -0.4 is 9.92 Å². The molecule has 1 aromatic carbocycles. The fourth-order valence-corrected chi connectivity index (χ4v) is 4.46. The molecule has 6 nitrogen and oxygen atoms in total. The van der Waals surface area contributed by atoms with Crippen molar-refractivity contribution < 1.29 is 14.5 Å². The molecule has 1 amide bonds. The molecule has 0 heterocycles. The molecule has 0 aliphatic heterocycles. The quantitative estimate of drug-likeness (QED) is 0.458. The van der Waals surface area contributed by atoms with Gasteiger partial charge in [0.2, 0.25) is 0 Å². The van der Waals surface area contributed by atoms with E-state index >= 15 is 0 Å². The van der Waals surface area contributed by atoms with Crippen molar-refractivity contribution in [2.75, 3.05) is 20.2 Å². The second-order valence-electron chi connectivity index (χ2n) is 6.02. The molecular formula is C15H24N2O4Si. The van der Waals surface area contributed by atoms with E-state index in [1.165, 1.54) is 19.2 Å². The van der Waals surface area contributed by atoms with Gasteiger partial charge < -0.3 is 9.64 Å². The SMILES string of the molecule is CCN(CC)C(=O)c1c(OC)ccc([N+](=O)[O-])c1[Si](C)(C)C. The Kier molecular flexibility index (Phi) is 5.70. The molecule has 1 aromatic rings. The van der Waals surface area contributed by atoms with Crippen LogP contribution in [-0.4, -0.2) is 44.0 Å². The van der Waals surface area contributed by atoms with E-state index in [2.05, 4.69) is 0 Å². The first-order valence-electron chi connectivity index (χ1n) is 7.34. The Morgan fingerprint density at radius 2 is 1.82 bits per heavy atom. The van der Waals surface area contributed by atoms with E-state index < -0.39 is 13.0 Å².